The van der Waals surface area contributed by atoms with Crippen LogP contribution in [0.3, 0.4) is 0 Å². The van der Waals surface area contributed by atoms with Crippen LogP contribution in [-0.4, -0.2) is 26.2 Å². The number of hydrogen-bond acceptors (Lipinski definition) is 1. The van der Waals surface area contributed by atoms with Crippen molar-refractivity contribution >= 4 is 19.4 Å². The molecule has 1 nitrogen and oxygen atoms in total. The van der Waals surface area contributed by atoms with Gasteiger partial charge in [0.15, 0.2) is 0 Å². The van der Waals surface area contributed by atoms with E-state index in [-0.39, 0.29) is 6.10 Å². The van der Waals surface area contributed by atoms with Crippen LogP contribution in [-0.2, 0) is 0 Å². The molecule has 0 radical (unpaired) electrons. The van der Waals surface area contributed by atoms with Crippen LogP contribution in [0.2, 0.25) is 5.32 Å². The molecule has 0 saturated heterocycles. The Hall–Kier alpha value is -0.301. The zero-order chi connectivity index (χ0) is 10.2. The average molecular weight is 257 g/mol. The fourth-order valence-corrected chi connectivity index (χ4v) is 3.35. The fraction of sp³-hybridized carbons (Fsp3) is 0.500. The van der Waals surface area contributed by atoms with E-state index in [9.17, 15) is 5.11 Å². The molecule has 0 amide bonds. The molecule has 1 rings (SSSR count). The van der Waals surface area contributed by atoms with E-state index in [1.165, 1.54) is 4.46 Å². The Labute approximate surface area is 92.7 Å². The molecule has 1 aromatic carbocycles. The van der Waals surface area contributed by atoms with Crippen LogP contribution in [0.25, 0.3) is 0 Å². The Morgan fingerprint density at radius 1 is 1.21 bits per heavy atom. The van der Waals surface area contributed by atoms with E-state index >= 15 is 0 Å². The predicted octanol–water partition coefficient (Wildman–Crippen LogP) is 1.99. The standard InChI is InChI=1S/C12H18OSe/c1-2-6-11(13)9-10-14-12-7-4-3-5-8-12/h3-5,7-8,11,13H,2,6,9-10H2,1H3. The number of aliphatic hydroxyl groups is 1. The van der Waals surface area contributed by atoms with Crippen LogP contribution >= 0.6 is 0 Å². The first-order valence-corrected chi connectivity index (χ1v) is 7.25. The monoisotopic (exact) mass is 258 g/mol. The molecule has 0 spiro atoms. The topological polar surface area (TPSA) is 20.2 Å². The second-order valence-corrected chi connectivity index (χ2v) is 5.84. The fourth-order valence-electron chi connectivity index (χ4n) is 1.31. The van der Waals surface area contributed by atoms with Crippen molar-refractivity contribution in [1.82, 2.24) is 0 Å². The van der Waals surface area contributed by atoms with Crippen LogP contribution in [0.4, 0.5) is 0 Å². The van der Waals surface area contributed by atoms with Gasteiger partial charge in [0.2, 0.25) is 0 Å². The van der Waals surface area contributed by atoms with Crippen LogP contribution in [0, 0.1) is 0 Å². The summed E-state index contributed by atoms with van der Waals surface area (Å²) in [6.07, 6.45) is 2.92. The first-order chi connectivity index (χ1) is 6.83. The van der Waals surface area contributed by atoms with Crippen molar-refractivity contribution in [2.24, 2.45) is 0 Å². The third kappa shape index (κ3) is 4.80. The molecule has 78 valence electrons. The van der Waals surface area contributed by atoms with E-state index < -0.39 is 0 Å². The number of aliphatic hydroxyl groups excluding tert-OH is 1. The summed E-state index contributed by atoms with van der Waals surface area (Å²) < 4.78 is 1.43. The summed E-state index contributed by atoms with van der Waals surface area (Å²) in [5, 5.41) is 10.7. The summed E-state index contributed by atoms with van der Waals surface area (Å²) >= 11 is 0.538. The van der Waals surface area contributed by atoms with Gasteiger partial charge >= 0.3 is 92.5 Å². The van der Waals surface area contributed by atoms with Gasteiger partial charge in [-0.15, -0.1) is 0 Å². The first kappa shape index (κ1) is 11.8. The van der Waals surface area contributed by atoms with Crippen LogP contribution in [0.15, 0.2) is 30.3 Å². The van der Waals surface area contributed by atoms with E-state index in [0.29, 0.717) is 15.0 Å². The Bertz CT molecular complexity index is 235. The van der Waals surface area contributed by atoms with Crippen molar-refractivity contribution in [2.45, 2.75) is 37.6 Å². The van der Waals surface area contributed by atoms with E-state index in [0.717, 1.165) is 24.6 Å². The Morgan fingerprint density at radius 2 is 1.93 bits per heavy atom. The Kier molecular flexibility index (Phi) is 5.93. The van der Waals surface area contributed by atoms with Crippen molar-refractivity contribution in [3.63, 3.8) is 0 Å². The predicted molar refractivity (Wildman–Crippen MR) is 62.2 cm³/mol. The summed E-state index contributed by atoms with van der Waals surface area (Å²) in [6.45, 7) is 2.12. The number of rotatable bonds is 6. The first-order valence-electron chi connectivity index (χ1n) is 5.19. The quantitative estimate of drug-likeness (QED) is 0.773. The summed E-state index contributed by atoms with van der Waals surface area (Å²) in [4.78, 5) is 0. The summed E-state index contributed by atoms with van der Waals surface area (Å²) in [5.74, 6) is 0. The van der Waals surface area contributed by atoms with Gasteiger partial charge in [-0.2, -0.15) is 0 Å². The molecule has 0 fully saturated rings. The second-order valence-electron chi connectivity index (χ2n) is 3.39. The van der Waals surface area contributed by atoms with Crippen LogP contribution in [0.1, 0.15) is 26.2 Å². The van der Waals surface area contributed by atoms with Gasteiger partial charge in [-0.3, -0.25) is 0 Å². The van der Waals surface area contributed by atoms with Crippen molar-refractivity contribution in [1.29, 1.82) is 0 Å². The van der Waals surface area contributed by atoms with Crippen molar-refractivity contribution < 1.29 is 5.11 Å². The third-order valence-electron chi connectivity index (χ3n) is 2.08. The molecule has 1 N–H and O–H groups in total. The van der Waals surface area contributed by atoms with Gasteiger partial charge in [-0.1, -0.05) is 0 Å². The van der Waals surface area contributed by atoms with Crippen molar-refractivity contribution in [3.05, 3.63) is 30.3 Å². The average Bonchev–Trinajstić information content (AvgIpc) is 2.20. The molecule has 0 aliphatic rings. The summed E-state index contributed by atoms with van der Waals surface area (Å²) in [5.41, 5.74) is 0. The molecule has 0 aromatic heterocycles. The number of benzene rings is 1. The molecule has 14 heavy (non-hydrogen) atoms. The molecule has 1 aromatic rings. The van der Waals surface area contributed by atoms with Crippen molar-refractivity contribution in [2.75, 3.05) is 0 Å². The van der Waals surface area contributed by atoms with E-state index in [4.69, 9.17) is 0 Å². The molecule has 0 saturated carbocycles. The van der Waals surface area contributed by atoms with Gasteiger partial charge in [0.05, 0.1) is 0 Å². The molecule has 1 atom stereocenters. The van der Waals surface area contributed by atoms with Gasteiger partial charge in [-0.25, -0.2) is 0 Å². The second kappa shape index (κ2) is 7.05. The molecule has 1 unspecified atom stereocenters. The normalized spacial score (nSPS) is 12.7. The molecular weight excluding hydrogens is 239 g/mol. The third-order valence-corrected chi connectivity index (χ3v) is 4.28. The van der Waals surface area contributed by atoms with Gasteiger partial charge in [0.1, 0.15) is 0 Å². The van der Waals surface area contributed by atoms with E-state index in [1.807, 2.05) is 6.07 Å². The molecular formula is C12H18OSe. The zero-order valence-electron chi connectivity index (χ0n) is 8.65. The zero-order valence-corrected chi connectivity index (χ0v) is 10.4. The van der Waals surface area contributed by atoms with Gasteiger partial charge in [-0.05, 0) is 0 Å². The Morgan fingerprint density at radius 3 is 2.57 bits per heavy atom. The SMILES string of the molecule is CCCC(O)CC[Se]c1ccccc1. The molecule has 0 aliphatic carbocycles. The summed E-state index contributed by atoms with van der Waals surface area (Å²) in [7, 11) is 0. The van der Waals surface area contributed by atoms with Crippen LogP contribution in [0.5, 0.6) is 0 Å². The summed E-state index contributed by atoms with van der Waals surface area (Å²) in [6, 6.07) is 10.6. The van der Waals surface area contributed by atoms with Crippen molar-refractivity contribution in [3.8, 4) is 0 Å². The van der Waals surface area contributed by atoms with Crippen LogP contribution < -0.4 is 4.46 Å². The molecule has 0 bridgehead atoms. The van der Waals surface area contributed by atoms with E-state index in [1.54, 1.807) is 0 Å². The van der Waals surface area contributed by atoms with Gasteiger partial charge in [0, 0.05) is 0 Å². The minimum atomic E-state index is -0.0782. The number of hydrogen-bond donors (Lipinski definition) is 1. The molecule has 2 heteroatoms. The van der Waals surface area contributed by atoms with E-state index in [2.05, 4.69) is 31.2 Å². The molecule has 0 aliphatic heterocycles. The maximum atomic E-state index is 9.54. The minimum absolute atomic E-state index is 0.0782. The maximum absolute atomic E-state index is 9.54. The van der Waals surface area contributed by atoms with Gasteiger partial charge in [0.25, 0.3) is 0 Å². The molecule has 0 heterocycles. The Balaban J connectivity index is 2.16. The van der Waals surface area contributed by atoms with Gasteiger partial charge < -0.3 is 0 Å².